The van der Waals surface area contributed by atoms with E-state index in [-0.39, 0.29) is 0 Å². The number of hydrogen-bond donors (Lipinski definition) is 0. The van der Waals surface area contributed by atoms with Crippen LogP contribution in [0.2, 0.25) is 0 Å². The smallest absolute Gasteiger partial charge is 0.145 e. The molecule has 0 radical (unpaired) electrons. The van der Waals surface area contributed by atoms with Gasteiger partial charge in [-0.2, -0.15) is 0 Å². The summed E-state index contributed by atoms with van der Waals surface area (Å²) < 4.78 is 8.93. The summed E-state index contributed by atoms with van der Waals surface area (Å²) in [6.45, 7) is 2.64. The normalized spacial score (nSPS) is 13.4. The van der Waals surface area contributed by atoms with Gasteiger partial charge in [-0.05, 0) is 53.6 Å². The van der Waals surface area contributed by atoms with Crippen molar-refractivity contribution >= 4 is 27.3 Å². The van der Waals surface area contributed by atoms with E-state index in [1.54, 1.807) is 7.11 Å². The van der Waals surface area contributed by atoms with Gasteiger partial charge in [0.1, 0.15) is 11.6 Å². The zero-order chi connectivity index (χ0) is 28.9. The van der Waals surface area contributed by atoms with Crippen molar-refractivity contribution in [3.8, 4) is 45.3 Å². The quantitative estimate of drug-likeness (QED) is 0.192. The molecule has 6 heteroatoms. The lowest BCUT2D eigenvalue weighted by Crippen LogP contribution is -2.46. The fourth-order valence-corrected chi connectivity index (χ4v) is 6.74. The summed E-state index contributed by atoms with van der Waals surface area (Å²) in [5, 5.41) is 0. The van der Waals surface area contributed by atoms with Gasteiger partial charge in [0.15, 0.2) is 0 Å². The molecule has 0 atom stereocenters. The molecular weight excluding hydrogens is 596 g/mol. The fraction of sp³-hybridized carbons (Fsp3) is 0.108. The first kappa shape index (κ1) is 25.9. The number of halogens is 1. The van der Waals surface area contributed by atoms with Crippen LogP contribution >= 0.6 is 15.9 Å². The number of imidazole rings is 1. The molecule has 8 rings (SSSR count). The summed E-state index contributed by atoms with van der Waals surface area (Å²) in [4.78, 5) is 10.4. The number of hydrogen-bond acceptors (Lipinski definition) is 4. The highest BCUT2D eigenvalue weighted by atomic mass is 79.9. The van der Waals surface area contributed by atoms with Crippen molar-refractivity contribution in [2.45, 2.75) is 13.1 Å². The molecule has 210 valence electrons. The van der Waals surface area contributed by atoms with Gasteiger partial charge in [0, 0.05) is 51.3 Å². The Morgan fingerprint density at radius 2 is 1.28 bits per heavy atom. The van der Waals surface area contributed by atoms with Crippen molar-refractivity contribution in [1.29, 1.82) is 0 Å². The van der Waals surface area contributed by atoms with Crippen LogP contribution < -0.4 is 14.5 Å². The third kappa shape index (κ3) is 4.50. The van der Waals surface area contributed by atoms with Crippen molar-refractivity contribution in [2.75, 3.05) is 23.6 Å². The minimum Gasteiger partial charge on any atom is -0.497 e. The van der Waals surface area contributed by atoms with E-state index in [4.69, 9.17) is 9.72 Å². The van der Waals surface area contributed by atoms with E-state index in [0.717, 1.165) is 69.6 Å². The van der Waals surface area contributed by atoms with E-state index in [1.165, 1.54) is 22.5 Å². The maximum absolute atomic E-state index is 5.50. The molecule has 5 aromatic carbocycles. The van der Waals surface area contributed by atoms with Crippen LogP contribution in [0.3, 0.4) is 0 Å². The third-order valence-electron chi connectivity index (χ3n) is 8.44. The van der Waals surface area contributed by atoms with Gasteiger partial charge in [-0.25, -0.2) is 4.98 Å². The number of benzene rings is 5. The van der Waals surface area contributed by atoms with Crippen molar-refractivity contribution in [3.05, 3.63) is 137 Å². The van der Waals surface area contributed by atoms with Gasteiger partial charge in [0.2, 0.25) is 0 Å². The second kappa shape index (κ2) is 10.5. The summed E-state index contributed by atoms with van der Waals surface area (Å²) in [6, 6.07) is 42.8. The highest BCUT2D eigenvalue weighted by molar-refractivity contribution is 9.10. The summed E-state index contributed by atoms with van der Waals surface area (Å²) in [5.74, 6) is 1.74. The number of rotatable bonds is 5. The highest BCUT2D eigenvalue weighted by Gasteiger charge is 2.30. The van der Waals surface area contributed by atoms with Crippen LogP contribution in [0.15, 0.2) is 126 Å². The topological polar surface area (TPSA) is 33.5 Å². The van der Waals surface area contributed by atoms with Crippen molar-refractivity contribution in [1.82, 2.24) is 9.55 Å². The number of aromatic nitrogens is 2. The molecule has 1 aromatic heterocycles. The molecule has 5 nitrogen and oxygen atoms in total. The largest absolute Gasteiger partial charge is 0.497 e. The molecule has 0 N–H and O–H groups in total. The maximum Gasteiger partial charge on any atom is 0.145 e. The predicted molar refractivity (Wildman–Crippen MR) is 178 cm³/mol. The van der Waals surface area contributed by atoms with Gasteiger partial charge in [0.25, 0.3) is 0 Å². The van der Waals surface area contributed by atoms with E-state index < -0.39 is 0 Å². The van der Waals surface area contributed by atoms with Crippen LogP contribution in [-0.4, -0.2) is 23.3 Å². The van der Waals surface area contributed by atoms with Crippen molar-refractivity contribution < 1.29 is 4.74 Å². The molecule has 2 bridgehead atoms. The van der Waals surface area contributed by atoms with Gasteiger partial charge >= 0.3 is 0 Å². The molecule has 0 spiro atoms. The SMILES string of the molecule is COc1ccc(-n2c(-c3ccc4c(c3)N3Cc5ccc(Br)cc5N(C4)C3)nc(-c3ccccc3)c2-c2ccccc2)cc1. The molecule has 0 fully saturated rings. The molecule has 3 heterocycles. The summed E-state index contributed by atoms with van der Waals surface area (Å²) in [7, 11) is 1.70. The Bertz CT molecular complexity index is 1950. The van der Waals surface area contributed by atoms with Gasteiger partial charge in [-0.1, -0.05) is 94.8 Å². The number of fused-ring (bicyclic) bond motifs is 6. The zero-order valence-electron chi connectivity index (χ0n) is 23.7. The lowest BCUT2D eigenvalue weighted by atomic mass is 10.00. The van der Waals surface area contributed by atoms with Crippen molar-refractivity contribution in [3.63, 3.8) is 0 Å². The number of anilines is 2. The summed E-state index contributed by atoms with van der Waals surface area (Å²) in [6.07, 6.45) is 0. The van der Waals surface area contributed by atoms with E-state index in [2.05, 4.69) is 139 Å². The van der Waals surface area contributed by atoms with E-state index in [9.17, 15) is 0 Å². The molecule has 2 aliphatic rings. The Kier molecular flexibility index (Phi) is 6.30. The molecule has 43 heavy (non-hydrogen) atoms. The van der Waals surface area contributed by atoms with Gasteiger partial charge in [-0.15, -0.1) is 0 Å². The lowest BCUT2D eigenvalue weighted by Gasteiger charge is -2.45. The molecule has 0 saturated carbocycles. The average Bonchev–Trinajstić information content (AvgIpc) is 3.47. The van der Waals surface area contributed by atoms with Crippen LogP contribution in [0.4, 0.5) is 11.4 Å². The molecular formula is C37H29BrN4O. The van der Waals surface area contributed by atoms with Crippen LogP contribution in [0, 0.1) is 0 Å². The standard InChI is InChI=1S/C37H29BrN4O/c1-43-32-18-16-31(17-19-32)42-36(26-10-6-3-7-11-26)35(25-8-4-2-5-9-25)39-37(42)27-12-13-28-22-41-24-40(33(28)20-27)23-29-14-15-30(38)21-34(29)41/h2-21H,22-24H2,1H3. The third-order valence-corrected chi connectivity index (χ3v) is 8.93. The van der Waals surface area contributed by atoms with Crippen molar-refractivity contribution in [2.24, 2.45) is 0 Å². The molecule has 0 unspecified atom stereocenters. The first-order valence-electron chi connectivity index (χ1n) is 14.5. The Morgan fingerprint density at radius 3 is 1.95 bits per heavy atom. The van der Waals surface area contributed by atoms with Gasteiger partial charge < -0.3 is 14.5 Å². The van der Waals surface area contributed by atoms with Gasteiger partial charge in [0.05, 0.1) is 25.2 Å². The first-order valence-corrected chi connectivity index (χ1v) is 15.3. The first-order chi connectivity index (χ1) is 21.2. The molecule has 2 aliphatic heterocycles. The monoisotopic (exact) mass is 624 g/mol. The number of methoxy groups -OCH3 is 1. The van der Waals surface area contributed by atoms with Crippen LogP contribution in [-0.2, 0) is 13.1 Å². The maximum atomic E-state index is 5.50. The fourth-order valence-electron chi connectivity index (χ4n) is 6.39. The minimum absolute atomic E-state index is 0.825. The van der Waals surface area contributed by atoms with Crippen LogP contribution in [0.25, 0.3) is 39.6 Å². The van der Waals surface area contributed by atoms with E-state index >= 15 is 0 Å². The second-order valence-electron chi connectivity index (χ2n) is 11.1. The minimum atomic E-state index is 0.825. The van der Waals surface area contributed by atoms with Gasteiger partial charge in [-0.3, -0.25) is 4.57 Å². The molecule has 0 saturated heterocycles. The molecule has 6 aromatic rings. The summed E-state index contributed by atoms with van der Waals surface area (Å²) >= 11 is 3.67. The molecule has 0 aliphatic carbocycles. The highest BCUT2D eigenvalue weighted by Crippen LogP contribution is 2.43. The number of ether oxygens (including phenoxy) is 1. The van der Waals surface area contributed by atoms with E-state index in [1.807, 2.05) is 12.1 Å². The number of nitrogens with zero attached hydrogens (tertiary/aromatic N) is 4. The Balaban J connectivity index is 1.33. The van der Waals surface area contributed by atoms with Crippen LogP contribution in [0.1, 0.15) is 11.1 Å². The van der Waals surface area contributed by atoms with Crippen LogP contribution in [0.5, 0.6) is 5.75 Å². The Hall–Kier alpha value is -4.81. The zero-order valence-corrected chi connectivity index (χ0v) is 25.3. The Morgan fingerprint density at radius 1 is 0.651 bits per heavy atom. The summed E-state index contributed by atoms with van der Waals surface area (Å²) in [5.41, 5.74) is 11.6. The Labute approximate surface area is 259 Å². The second-order valence-corrected chi connectivity index (χ2v) is 12.0. The lowest BCUT2D eigenvalue weighted by molar-refractivity contribution is 0.415. The van der Waals surface area contributed by atoms with E-state index in [0.29, 0.717) is 0 Å². The average molecular weight is 626 g/mol. The molecule has 0 amide bonds. The predicted octanol–water partition coefficient (Wildman–Crippen LogP) is 8.94.